The largest absolute Gasteiger partial charge is 0.493 e. The number of nitrogens with zero attached hydrogens (tertiary/aromatic N) is 2. The molecule has 0 saturated carbocycles. The molecule has 0 radical (unpaired) electrons. The van der Waals surface area contributed by atoms with Crippen LogP contribution in [0.2, 0.25) is 0 Å². The van der Waals surface area contributed by atoms with Crippen molar-refractivity contribution in [2.45, 2.75) is 12.5 Å². The third-order valence-electron chi connectivity index (χ3n) is 4.72. The van der Waals surface area contributed by atoms with Gasteiger partial charge in [-0.25, -0.2) is 0 Å². The van der Waals surface area contributed by atoms with Gasteiger partial charge in [0.05, 0.1) is 25.0 Å². The highest BCUT2D eigenvalue weighted by atomic mass is 32.2. The van der Waals surface area contributed by atoms with Crippen LogP contribution in [0.3, 0.4) is 0 Å². The average Bonchev–Trinajstić information content (AvgIpc) is 3.42. The van der Waals surface area contributed by atoms with E-state index in [1.165, 1.54) is 11.3 Å². The van der Waals surface area contributed by atoms with Crippen LogP contribution >= 0.6 is 23.1 Å². The molecule has 1 aliphatic heterocycles. The Labute approximate surface area is 173 Å². The van der Waals surface area contributed by atoms with Crippen molar-refractivity contribution in [2.75, 3.05) is 39.4 Å². The Kier molecular flexibility index (Phi) is 6.85. The van der Waals surface area contributed by atoms with Crippen LogP contribution in [0.25, 0.3) is 0 Å². The summed E-state index contributed by atoms with van der Waals surface area (Å²) < 4.78 is 10.6. The van der Waals surface area contributed by atoms with E-state index in [1.54, 1.807) is 48.9 Å². The van der Waals surface area contributed by atoms with Gasteiger partial charge in [-0.15, -0.1) is 23.1 Å². The van der Waals surface area contributed by atoms with Crippen LogP contribution in [0.4, 0.5) is 0 Å². The minimum absolute atomic E-state index is 0.0182. The minimum Gasteiger partial charge on any atom is -0.493 e. The van der Waals surface area contributed by atoms with Gasteiger partial charge in [-0.1, -0.05) is 12.1 Å². The van der Waals surface area contributed by atoms with E-state index >= 15 is 0 Å². The fourth-order valence-corrected chi connectivity index (χ4v) is 4.91. The van der Waals surface area contributed by atoms with Crippen LogP contribution in [-0.2, 0) is 11.2 Å². The molecular formula is C20H24N2O4S2. The lowest BCUT2D eigenvalue weighted by Gasteiger charge is -2.27. The highest BCUT2D eigenvalue weighted by Gasteiger charge is 2.36. The van der Waals surface area contributed by atoms with Gasteiger partial charge in [0.1, 0.15) is 6.04 Å². The average molecular weight is 421 g/mol. The molecule has 0 spiro atoms. The summed E-state index contributed by atoms with van der Waals surface area (Å²) in [6.45, 7) is 0.566. The topological polar surface area (TPSA) is 59.1 Å². The third-order valence-corrected chi connectivity index (χ3v) is 6.59. The van der Waals surface area contributed by atoms with E-state index in [-0.39, 0.29) is 11.8 Å². The number of hydrogen-bond acceptors (Lipinski definition) is 6. The van der Waals surface area contributed by atoms with E-state index in [2.05, 4.69) is 0 Å². The quantitative estimate of drug-likeness (QED) is 0.689. The lowest BCUT2D eigenvalue weighted by molar-refractivity contribution is -0.133. The van der Waals surface area contributed by atoms with Crippen LogP contribution < -0.4 is 9.47 Å². The summed E-state index contributed by atoms with van der Waals surface area (Å²) in [6, 6.07) is 9.01. The Morgan fingerprint density at radius 3 is 2.68 bits per heavy atom. The van der Waals surface area contributed by atoms with E-state index in [0.717, 1.165) is 5.56 Å². The number of benzene rings is 1. The number of carbonyl (C=O) groups is 2. The van der Waals surface area contributed by atoms with Crippen LogP contribution in [0, 0.1) is 0 Å². The minimum atomic E-state index is -0.407. The molecule has 1 fully saturated rings. The Balaban J connectivity index is 1.61. The molecule has 8 heteroatoms. The van der Waals surface area contributed by atoms with Crippen molar-refractivity contribution in [1.29, 1.82) is 0 Å². The number of amides is 2. The standard InChI is InChI=1S/C20H24N2O4S2/c1-21(9-8-14-6-7-16(25-2)17(11-14)26-3)19(23)15-12-27-13-22(15)20(24)18-5-4-10-28-18/h4-7,10-11,15H,8-9,12-13H2,1-3H3. The maximum absolute atomic E-state index is 13.0. The summed E-state index contributed by atoms with van der Waals surface area (Å²) in [7, 11) is 5.00. The molecule has 2 aromatic rings. The van der Waals surface area contributed by atoms with Gasteiger partial charge in [0, 0.05) is 19.3 Å². The predicted octanol–water partition coefficient (Wildman–Crippen LogP) is 2.98. The summed E-state index contributed by atoms with van der Waals surface area (Å²) in [5.41, 5.74) is 1.06. The molecule has 2 heterocycles. The summed E-state index contributed by atoms with van der Waals surface area (Å²) in [6.07, 6.45) is 0.696. The second-order valence-corrected chi connectivity index (χ2v) is 8.41. The molecule has 1 aromatic carbocycles. The maximum atomic E-state index is 13.0. The van der Waals surface area contributed by atoms with Crippen molar-refractivity contribution in [3.05, 3.63) is 46.2 Å². The Morgan fingerprint density at radius 2 is 2.00 bits per heavy atom. The molecule has 6 nitrogen and oxygen atoms in total. The molecule has 150 valence electrons. The van der Waals surface area contributed by atoms with Gasteiger partial charge in [0.25, 0.3) is 5.91 Å². The number of likely N-dealkylation sites (N-methyl/N-ethyl adjacent to an activating group) is 1. The number of hydrogen-bond donors (Lipinski definition) is 0. The summed E-state index contributed by atoms with van der Waals surface area (Å²) >= 11 is 3.02. The summed E-state index contributed by atoms with van der Waals surface area (Å²) in [5, 5.41) is 1.88. The molecule has 3 rings (SSSR count). The SMILES string of the molecule is COc1ccc(CCN(C)C(=O)C2CSCN2C(=O)c2cccs2)cc1OC. The van der Waals surface area contributed by atoms with E-state index in [4.69, 9.17) is 9.47 Å². The number of rotatable bonds is 7. The second kappa shape index (κ2) is 9.34. The molecule has 2 amide bonds. The maximum Gasteiger partial charge on any atom is 0.265 e. The van der Waals surface area contributed by atoms with E-state index in [9.17, 15) is 9.59 Å². The first-order chi connectivity index (χ1) is 13.5. The van der Waals surface area contributed by atoms with Crippen LogP contribution in [-0.4, -0.2) is 67.1 Å². The molecule has 0 N–H and O–H groups in total. The third kappa shape index (κ3) is 4.44. The molecule has 1 atom stereocenters. The lowest BCUT2D eigenvalue weighted by atomic mass is 10.1. The van der Waals surface area contributed by atoms with Crippen molar-refractivity contribution in [3.63, 3.8) is 0 Å². The predicted molar refractivity (Wildman–Crippen MR) is 112 cm³/mol. The Morgan fingerprint density at radius 1 is 1.21 bits per heavy atom. The number of carbonyl (C=O) groups excluding carboxylic acids is 2. The zero-order valence-corrected chi connectivity index (χ0v) is 17.8. The van der Waals surface area contributed by atoms with Gasteiger partial charge in [-0.3, -0.25) is 9.59 Å². The van der Waals surface area contributed by atoms with E-state index < -0.39 is 6.04 Å². The smallest absolute Gasteiger partial charge is 0.265 e. The van der Waals surface area contributed by atoms with Gasteiger partial charge in [-0.2, -0.15) is 0 Å². The second-order valence-electron chi connectivity index (χ2n) is 6.47. The van der Waals surface area contributed by atoms with Gasteiger partial charge in [0.2, 0.25) is 5.91 Å². The van der Waals surface area contributed by atoms with Crippen LogP contribution in [0.1, 0.15) is 15.2 Å². The number of thioether (sulfide) groups is 1. The van der Waals surface area contributed by atoms with Gasteiger partial charge in [0.15, 0.2) is 11.5 Å². The number of thiophene rings is 1. The zero-order valence-electron chi connectivity index (χ0n) is 16.2. The van der Waals surface area contributed by atoms with Crippen LogP contribution in [0.5, 0.6) is 11.5 Å². The molecule has 0 bridgehead atoms. The van der Waals surface area contributed by atoms with Crippen LogP contribution in [0.15, 0.2) is 35.7 Å². The zero-order chi connectivity index (χ0) is 20.1. The molecule has 1 unspecified atom stereocenters. The highest BCUT2D eigenvalue weighted by Crippen LogP contribution is 2.28. The molecule has 1 aliphatic rings. The fraction of sp³-hybridized carbons (Fsp3) is 0.400. The molecular weight excluding hydrogens is 396 g/mol. The summed E-state index contributed by atoms with van der Waals surface area (Å²) in [5.74, 6) is 2.46. The molecule has 0 aliphatic carbocycles. The van der Waals surface area contributed by atoms with Crippen molar-refractivity contribution in [2.24, 2.45) is 0 Å². The first-order valence-electron chi connectivity index (χ1n) is 8.93. The van der Waals surface area contributed by atoms with Crippen molar-refractivity contribution in [3.8, 4) is 11.5 Å². The highest BCUT2D eigenvalue weighted by molar-refractivity contribution is 7.99. The summed E-state index contributed by atoms with van der Waals surface area (Å²) in [4.78, 5) is 29.7. The van der Waals surface area contributed by atoms with Crippen molar-refractivity contribution >= 4 is 34.9 Å². The van der Waals surface area contributed by atoms with Gasteiger partial charge >= 0.3 is 0 Å². The molecule has 1 saturated heterocycles. The first kappa shape index (κ1) is 20.5. The number of ether oxygens (including phenoxy) is 2. The molecule has 1 aromatic heterocycles. The normalized spacial score (nSPS) is 16.1. The monoisotopic (exact) mass is 420 g/mol. The van der Waals surface area contributed by atoms with E-state index in [1.807, 2.05) is 29.6 Å². The Hall–Kier alpha value is -2.19. The first-order valence-corrected chi connectivity index (χ1v) is 11.0. The van der Waals surface area contributed by atoms with E-state index in [0.29, 0.717) is 41.0 Å². The number of methoxy groups -OCH3 is 2. The van der Waals surface area contributed by atoms with Crippen molar-refractivity contribution in [1.82, 2.24) is 9.80 Å². The molecule has 28 heavy (non-hydrogen) atoms. The van der Waals surface area contributed by atoms with Gasteiger partial charge in [-0.05, 0) is 35.6 Å². The fourth-order valence-electron chi connectivity index (χ4n) is 3.09. The lowest BCUT2D eigenvalue weighted by Crippen LogP contribution is -2.48. The Bertz CT molecular complexity index is 826. The van der Waals surface area contributed by atoms with Crippen molar-refractivity contribution < 1.29 is 19.1 Å². The van der Waals surface area contributed by atoms with Gasteiger partial charge < -0.3 is 19.3 Å².